The largest absolute Gasteiger partial charge is 0.336 e. The summed E-state index contributed by atoms with van der Waals surface area (Å²) in [6.07, 6.45) is 3.16. The number of benzene rings is 1. The Balaban J connectivity index is 1.67. The fraction of sp³-hybridized carbons (Fsp3) is 0.421. The number of carbonyl (C=O) groups excluding carboxylic acids is 2. The highest BCUT2D eigenvalue weighted by Gasteiger charge is 2.20. The zero-order valence-electron chi connectivity index (χ0n) is 15.3. The molecular weight excluding hydrogens is 348 g/mol. The van der Waals surface area contributed by atoms with Crippen molar-refractivity contribution in [1.29, 1.82) is 0 Å². The summed E-state index contributed by atoms with van der Waals surface area (Å²) in [5, 5.41) is 9.01. The van der Waals surface area contributed by atoms with Crippen LogP contribution in [0.15, 0.2) is 24.3 Å². The molecule has 1 unspecified atom stereocenters. The van der Waals surface area contributed by atoms with E-state index in [0.717, 1.165) is 25.0 Å². The predicted octanol–water partition coefficient (Wildman–Crippen LogP) is 4.05. The van der Waals surface area contributed by atoms with Crippen LogP contribution in [0.4, 0.5) is 15.6 Å². The minimum Gasteiger partial charge on any atom is -0.336 e. The number of carbonyl (C=O) groups is 2. The average Bonchev–Trinajstić information content (AvgIpc) is 2.95. The quantitative estimate of drug-likeness (QED) is 0.757. The van der Waals surface area contributed by atoms with Crippen LogP contribution in [-0.2, 0) is 12.8 Å². The molecule has 0 bridgehead atoms. The number of aromatic nitrogens is 1. The number of fused-ring (bicyclic) bond motifs is 1. The molecule has 1 aliphatic carbocycles. The molecule has 2 aromatic rings. The van der Waals surface area contributed by atoms with Crippen LogP contribution in [0, 0.1) is 5.92 Å². The van der Waals surface area contributed by atoms with E-state index in [2.05, 4.69) is 27.9 Å². The number of hydrogen-bond donors (Lipinski definition) is 3. The normalized spacial score (nSPS) is 16.1. The van der Waals surface area contributed by atoms with Crippen molar-refractivity contribution in [3.63, 3.8) is 0 Å². The number of urea groups is 1. The van der Waals surface area contributed by atoms with Crippen molar-refractivity contribution in [2.45, 2.75) is 46.1 Å². The minimum atomic E-state index is -0.292. The Labute approximate surface area is 157 Å². The van der Waals surface area contributed by atoms with Crippen LogP contribution in [0.1, 0.15) is 48.1 Å². The highest BCUT2D eigenvalue weighted by Crippen LogP contribution is 2.32. The second-order valence-corrected chi connectivity index (χ2v) is 8.11. The van der Waals surface area contributed by atoms with Crippen LogP contribution in [0.3, 0.4) is 0 Å². The van der Waals surface area contributed by atoms with Gasteiger partial charge in [-0.05, 0) is 57.2 Å². The first kappa shape index (κ1) is 18.4. The summed E-state index contributed by atoms with van der Waals surface area (Å²) in [4.78, 5) is 30.2. The molecule has 26 heavy (non-hydrogen) atoms. The molecule has 0 radical (unpaired) electrons. The number of anilines is 2. The van der Waals surface area contributed by atoms with Crippen LogP contribution >= 0.6 is 11.3 Å². The number of rotatable bonds is 4. The fourth-order valence-electron chi connectivity index (χ4n) is 2.93. The Morgan fingerprint density at radius 2 is 2.08 bits per heavy atom. The number of hydrogen-bond acceptors (Lipinski definition) is 4. The number of aryl methyl sites for hydroxylation is 1. The molecule has 0 spiro atoms. The number of thiazole rings is 1. The molecule has 3 rings (SSSR count). The third-order valence-electron chi connectivity index (χ3n) is 4.21. The first-order chi connectivity index (χ1) is 12.4. The van der Waals surface area contributed by atoms with Crippen molar-refractivity contribution in [2.24, 2.45) is 5.92 Å². The molecule has 3 N–H and O–H groups in total. The van der Waals surface area contributed by atoms with Gasteiger partial charge in [-0.3, -0.25) is 10.1 Å². The summed E-state index contributed by atoms with van der Waals surface area (Å²) in [5.41, 5.74) is 2.17. The summed E-state index contributed by atoms with van der Waals surface area (Å²) in [7, 11) is 0. The van der Waals surface area contributed by atoms with Gasteiger partial charge in [0.15, 0.2) is 5.13 Å². The van der Waals surface area contributed by atoms with Gasteiger partial charge in [0.05, 0.1) is 5.69 Å². The van der Waals surface area contributed by atoms with Gasteiger partial charge in [-0.15, -0.1) is 11.3 Å². The number of amides is 3. The van der Waals surface area contributed by atoms with E-state index in [4.69, 9.17) is 0 Å². The lowest BCUT2D eigenvalue weighted by molar-refractivity contribution is 0.102. The average molecular weight is 372 g/mol. The van der Waals surface area contributed by atoms with Gasteiger partial charge in [0.1, 0.15) is 0 Å². The van der Waals surface area contributed by atoms with Crippen molar-refractivity contribution in [1.82, 2.24) is 10.3 Å². The maximum atomic E-state index is 12.5. The molecule has 1 heterocycles. The topological polar surface area (TPSA) is 83.1 Å². The van der Waals surface area contributed by atoms with Crippen molar-refractivity contribution in [3.8, 4) is 0 Å². The summed E-state index contributed by atoms with van der Waals surface area (Å²) < 4.78 is 0. The smallest absolute Gasteiger partial charge is 0.319 e. The lowest BCUT2D eigenvalue weighted by Gasteiger charge is -2.15. The van der Waals surface area contributed by atoms with Crippen LogP contribution in [0.5, 0.6) is 0 Å². The molecule has 1 aliphatic rings. The first-order valence-corrected chi connectivity index (χ1v) is 9.70. The lowest BCUT2D eigenvalue weighted by Crippen LogP contribution is -2.34. The minimum absolute atomic E-state index is 0.0418. The molecule has 0 fully saturated rings. The van der Waals surface area contributed by atoms with E-state index in [0.29, 0.717) is 22.3 Å². The second kappa shape index (κ2) is 7.86. The Morgan fingerprint density at radius 1 is 1.27 bits per heavy atom. The Kier molecular flexibility index (Phi) is 5.56. The molecule has 3 amide bonds. The highest BCUT2D eigenvalue weighted by molar-refractivity contribution is 7.15. The molecule has 0 saturated heterocycles. The zero-order valence-corrected chi connectivity index (χ0v) is 16.1. The van der Waals surface area contributed by atoms with Crippen LogP contribution in [0.25, 0.3) is 0 Å². The third-order valence-corrected chi connectivity index (χ3v) is 5.24. The van der Waals surface area contributed by atoms with E-state index in [1.54, 1.807) is 35.6 Å². The molecule has 0 aliphatic heterocycles. The molecule has 138 valence electrons. The monoisotopic (exact) mass is 372 g/mol. The zero-order chi connectivity index (χ0) is 18.7. The van der Waals surface area contributed by atoms with Crippen LogP contribution < -0.4 is 16.0 Å². The molecular formula is C19H24N4O2S. The van der Waals surface area contributed by atoms with Crippen molar-refractivity contribution in [3.05, 3.63) is 40.4 Å². The molecule has 6 nitrogen and oxygen atoms in total. The molecule has 1 aromatic heterocycles. The number of nitrogens with one attached hydrogen (secondary N) is 3. The molecule has 0 saturated carbocycles. The Hall–Kier alpha value is -2.41. The second-order valence-electron chi connectivity index (χ2n) is 7.02. The van der Waals surface area contributed by atoms with Gasteiger partial charge in [-0.1, -0.05) is 13.0 Å². The van der Waals surface area contributed by atoms with E-state index < -0.39 is 0 Å². The Bertz CT molecular complexity index is 816. The maximum absolute atomic E-state index is 12.5. The van der Waals surface area contributed by atoms with Gasteiger partial charge in [0.25, 0.3) is 5.91 Å². The van der Waals surface area contributed by atoms with Crippen LogP contribution in [0.2, 0.25) is 0 Å². The van der Waals surface area contributed by atoms with Crippen LogP contribution in [-0.4, -0.2) is 23.0 Å². The predicted molar refractivity (Wildman–Crippen MR) is 105 cm³/mol. The van der Waals surface area contributed by atoms with Gasteiger partial charge in [-0.25, -0.2) is 9.78 Å². The standard InChI is InChI=1S/C19H24N4O2S/c1-11(2)20-18(25)21-14-6-4-5-13(10-14)17(24)23-19-22-15-8-7-12(3)9-16(15)26-19/h4-6,10-12H,7-9H2,1-3H3,(H2,20,21,25)(H,22,23,24). The van der Waals surface area contributed by atoms with E-state index in [9.17, 15) is 9.59 Å². The first-order valence-electron chi connectivity index (χ1n) is 8.88. The number of nitrogens with zero attached hydrogens (tertiary/aromatic N) is 1. The SMILES string of the molecule is CC1CCc2nc(NC(=O)c3cccc(NC(=O)NC(C)C)c3)sc2C1. The van der Waals surface area contributed by atoms with Gasteiger partial charge in [0, 0.05) is 22.2 Å². The van der Waals surface area contributed by atoms with Crippen molar-refractivity contribution in [2.75, 3.05) is 10.6 Å². The van der Waals surface area contributed by atoms with E-state index in [-0.39, 0.29) is 18.0 Å². The Morgan fingerprint density at radius 3 is 2.85 bits per heavy atom. The van der Waals surface area contributed by atoms with Gasteiger partial charge in [0.2, 0.25) is 0 Å². The van der Waals surface area contributed by atoms with Crippen molar-refractivity contribution >= 4 is 34.1 Å². The van der Waals surface area contributed by atoms with E-state index in [1.807, 2.05) is 13.8 Å². The molecule has 1 aromatic carbocycles. The molecule has 1 atom stereocenters. The third kappa shape index (κ3) is 4.60. The summed E-state index contributed by atoms with van der Waals surface area (Å²) in [5.74, 6) is 0.448. The lowest BCUT2D eigenvalue weighted by atomic mass is 9.93. The summed E-state index contributed by atoms with van der Waals surface area (Å²) in [6.45, 7) is 6.02. The summed E-state index contributed by atoms with van der Waals surface area (Å²) in [6, 6.07) is 6.62. The fourth-order valence-corrected chi connectivity index (χ4v) is 4.10. The van der Waals surface area contributed by atoms with E-state index in [1.165, 1.54) is 4.88 Å². The van der Waals surface area contributed by atoms with Gasteiger partial charge >= 0.3 is 6.03 Å². The van der Waals surface area contributed by atoms with Crippen molar-refractivity contribution < 1.29 is 9.59 Å². The van der Waals surface area contributed by atoms with E-state index >= 15 is 0 Å². The molecule has 7 heteroatoms. The summed E-state index contributed by atoms with van der Waals surface area (Å²) >= 11 is 1.56. The van der Waals surface area contributed by atoms with Gasteiger partial charge in [-0.2, -0.15) is 0 Å². The maximum Gasteiger partial charge on any atom is 0.319 e. The highest BCUT2D eigenvalue weighted by atomic mass is 32.1. The van der Waals surface area contributed by atoms with Gasteiger partial charge < -0.3 is 10.6 Å².